The number of aromatic nitrogens is 2. The van der Waals surface area contributed by atoms with Gasteiger partial charge in [-0.3, -0.25) is 5.01 Å². The van der Waals surface area contributed by atoms with Gasteiger partial charge in [0.2, 0.25) is 5.28 Å². The van der Waals surface area contributed by atoms with Gasteiger partial charge >= 0.3 is 0 Å². The van der Waals surface area contributed by atoms with E-state index in [1.54, 1.807) is 18.2 Å². The van der Waals surface area contributed by atoms with E-state index in [2.05, 4.69) is 9.97 Å². The SMILES string of the molecule is Nc1ccccc1N(N)c1ccnc(Cl)n1. The van der Waals surface area contributed by atoms with Gasteiger partial charge in [-0.1, -0.05) is 12.1 Å². The lowest BCUT2D eigenvalue weighted by molar-refractivity contribution is 1.02. The minimum atomic E-state index is 0.141. The first-order chi connectivity index (χ1) is 7.68. The number of hydrogen-bond acceptors (Lipinski definition) is 5. The number of nitrogen functional groups attached to an aromatic ring is 1. The molecule has 2 rings (SSSR count). The third-order valence-corrected chi connectivity index (χ3v) is 2.24. The van der Waals surface area contributed by atoms with Crippen LogP contribution in [0.3, 0.4) is 0 Å². The molecule has 1 heterocycles. The lowest BCUT2D eigenvalue weighted by Crippen LogP contribution is -2.26. The first-order valence-corrected chi connectivity index (χ1v) is 4.94. The van der Waals surface area contributed by atoms with Crippen molar-refractivity contribution in [3.8, 4) is 0 Å². The molecule has 2 aromatic rings. The summed E-state index contributed by atoms with van der Waals surface area (Å²) in [6.45, 7) is 0. The maximum absolute atomic E-state index is 5.89. The fourth-order valence-corrected chi connectivity index (χ4v) is 1.43. The van der Waals surface area contributed by atoms with Gasteiger partial charge < -0.3 is 5.73 Å². The van der Waals surface area contributed by atoms with Crippen LogP contribution in [0.4, 0.5) is 17.2 Å². The zero-order valence-electron chi connectivity index (χ0n) is 8.34. The van der Waals surface area contributed by atoms with Gasteiger partial charge in [0.1, 0.15) is 0 Å². The van der Waals surface area contributed by atoms with Gasteiger partial charge in [0.25, 0.3) is 0 Å². The molecule has 0 saturated heterocycles. The monoisotopic (exact) mass is 235 g/mol. The fraction of sp³-hybridized carbons (Fsp3) is 0. The number of nitrogens with two attached hydrogens (primary N) is 2. The molecule has 0 bridgehead atoms. The summed E-state index contributed by atoms with van der Waals surface area (Å²) in [4.78, 5) is 7.77. The molecule has 0 aliphatic rings. The summed E-state index contributed by atoms with van der Waals surface area (Å²) in [5.74, 6) is 6.37. The number of hydrazine groups is 1. The Bertz CT molecular complexity index is 502. The summed E-state index contributed by atoms with van der Waals surface area (Å²) < 4.78 is 0. The average Bonchev–Trinajstić information content (AvgIpc) is 2.29. The minimum Gasteiger partial charge on any atom is -0.397 e. The summed E-state index contributed by atoms with van der Waals surface area (Å²) in [5, 5.41) is 1.51. The maximum Gasteiger partial charge on any atom is 0.224 e. The van der Waals surface area contributed by atoms with E-state index in [0.29, 0.717) is 17.2 Å². The lowest BCUT2D eigenvalue weighted by Gasteiger charge is -2.18. The van der Waals surface area contributed by atoms with E-state index in [9.17, 15) is 0 Å². The third kappa shape index (κ3) is 2.05. The van der Waals surface area contributed by atoms with E-state index in [-0.39, 0.29) is 5.28 Å². The maximum atomic E-state index is 5.89. The summed E-state index contributed by atoms with van der Waals surface area (Å²) in [7, 11) is 0. The number of rotatable bonds is 2. The Morgan fingerprint density at radius 3 is 2.62 bits per heavy atom. The molecule has 1 aromatic heterocycles. The number of anilines is 3. The van der Waals surface area contributed by atoms with E-state index in [1.807, 2.05) is 12.1 Å². The highest BCUT2D eigenvalue weighted by atomic mass is 35.5. The van der Waals surface area contributed by atoms with Gasteiger partial charge in [-0.2, -0.15) is 4.98 Å². The summed E-state index contributed by atoms with van der Waals surface area (Å²) in [5.41, 5.74) is 7.03. The first-order valence-electron chi connectivity index (χ1n) is 4.56. The van der Waals surface area contributed by atoms with Crippen molar-refractivity contribution < 1.29 is 0 Å². The molecule has 0 amide bonds. The van der Waals surface area contributed by atoms with Crippen molar-refractivity contribution in [3.63, 3.8) is 0 Å². The van der Waals surface area contributed by atoms with Crippen LogP contribution in [0.1, 0.15) is 0 Å². The average molecular weight is 236 g/mol. The molecule has 0 aliphatic carbocycles. The van der Waals surface area contributed by atoms with Crippen molar-refractivity contribution in [2.24, 2.45) is 5.84 Å². The molecule has 16 heavy (non-hydrogen) atoms. The second-order valence-electron chi connectivity index (χ2n) is 3.11. The number of nitrogens with zero attached hydrogens (tertiary/aromatic N) is 3. The minimum absolute atomic E-state index is 0.141. The quantitative estimate of drug-likeness (QED) is 0.359. The Balaban J connectivity index is 2.39. The molecule has 82 valence electrons. The van der Waals surface area contributed by atoms with Crippen molar-refractivity contribution in [3.05, 3.63) is 41.8 Å². The van der Waals surface area contributed by atoms with Crippen molar-refractivity contribution in [2.75, 3.05) is 10.7 Å². The number of benzene rings is 1. The molecule has 6 heteroatoms. The molecule has 0 unspecified atom stereocenters. The fourth-order valence-electron chi connectivity index (χ4n) is 1.29. The molecule has 0 fully saturated rings. The Morgan fingerprint density at radius 1 is 1.19 bits per heavy atom. The van der Waals surface area contributed by atoms with Gasteiger partial charge in [0.05, 0.1) is 11.4 Å². The number of hydrogen-bond donors (Lipinski definition) is 2. The third-order valence-electron chi connectivity index (χ3n) is 2.05. The van der Waals surface area contributed by atoms with Crippen molar-refractivity contribution in [1.82, 2.24) is 9.97 Å². The molecule has 4 N–H and O–H groups in total. The van der Waals surface area contributed by atoms with E-state index in [0.717, 1.165) is 0 Å². The number of halogens is 1. The van der Waals surface area contributed by atoms with Crippen LogP contribution in [0.25, 0.3) is 0 Å². The van der Waals surface area contributed by atoms with Crippen LogP contribution < -0.4 is 16.6 Å². The zero-order chi connectivity index (χ0) is 11.5. The Morgan fingerprint density at radius 2 is 1.94 bits per heavy atom. The van der Waals surface area contributed by atoms with Gasteiger partial charge in [-0.25, -0.2) is 10.8 Å². The van der Waals surface area contributed by atoms with E-state index in [4.69, 9.17) is 23.2 Å². The Hall–Kier alpha value is -1.85. The first kappa shape index (κ1) is 10.7. The molecule has 0 spiro atoms. The molecule has 0 radical (unpaired) electrons. The van der Waals surface area contributed by atoms with E-state index < -0.39 is 0 Å². The second kappa shape index (κ2) is 4.34. The summed E-state index contributed by atoms with van der Waals surface area (Å²) >= 11 is 5.68. The van der Waals surface area contributed by atoms with Crippen molar-refractivity contribution >= 4 is 28.8 Å². The Labute approximate surface area is 97.6 Å². The molecular formula is C10H10ClN5. The highest BCUT2D eigenvalue weighted by Gasteiger charge is 2.09. The van der Waals surface area contributed by atoms with Crippen LogP contribution in [0.5, 0.6) is 0 Å². The standard InChI is InChI=1S/C10H10ClN5/c11-10-14-6-5-9(15-10)16(13)8-4-2-1-3-7(8)12/h1-6H,12-13H2. The van der Waals surface area contributed by atoms with Crippen LogP contribution >= 0.6 is 11.6 Å². The highest BCUT2D eigenvalue weighted by molar-refractivity contribution is 6.28. The van der Waals surface area contributed by atoms with Gasteiger partial charge in [-0.15, -0.1) is 0 Å². The molecular weight excluding hydrogens is 226 g/mol. The molecule has 1 aromatic carbocycles. The summed E-state index contributed by atoms with van der Waals surface area (Å²) in [6.07, 6.45) is 1.53. The lowest BCUT2D eigenvalue weighted by atomic mass is 10.2. The summed E-state index contributed by atoms with van der Waals surface area (Å²) in [6, 6.07) is 8.88. The topological polar surface area (TPSA) is 81.1 Å². The number of para-hydroxylation sites is 2. The second-order valence-corrected chi connectivity index (χ2v) is 3.45. The van der Waals surface area contributed by atoms with Gasteiger partial charge in [0, 0.05) is 12.3 Å². The molecule has 0 saturated carbocycles. The largest absolute Gasteiger partial charge is 0.397 e. The van der Waals surface area contributed by atoms with Crippen LogP contribution in [-0.4, -0.2) is 9.97 Å². The smallest absolute Gasteiger partial charge is 0.224 e. The Kier molecular flexibility index (Phi) is 2.89. The van der Waals surface area contributed by atoms with Crippen LogP contribution in [0.15, 0.2) is 36.5 Å². The van der Waals surface area contributed by atoms with E-state index >= 15 is 0 Å². The van der Waals surface area contributed by atoms with Crippen LogP contribution in [0, 0.1) is 0 Å². The predicted molar refractivity (Wildman–Crippen MR) is 64.2 cm³/mol. The van der Waals surface area contributed by atoms with Gasteiger partial charge in [-0.05, 0) is 23.7 Å². The molecule has 5 nitrogen and oxygen atoms in total. The molecule has 0 aliphatic heterocycles. The van der Waals surface area contributed by atoms with Crippen molar-refractivity contribution in [2.45, 2.75) is 0 Å². The van der Waals surface area contributed by atoms with Gasteiger partial charge in [0.15, 0.2) is 5.82 Å². The molecule has 0 atom stereocenters. The normalized spacial score (nSPS) is 10.1. The van der Waals surface area contributed by atoms with Crippen LogP contribution in [0.2, 0.25) is 5.28 Å². The van der Waals surface area contributed by atoms with E-state index in [1.165, 1.54) is 11.2 Å². The zero-order valence-corrected chi connectivity index (χ0v) is 9.09. The predicted octanol–water partition coefficient (Wildman–Crippen LogP) is 1.72. The van der Waals surface area contributed by atoms with Crippen LogP contribution in [-0.2, 0) is 0 Å². The highest BCUT2D eigenvalue weighted by Crippen LogP contribution is 2.25. The van der Waals surface area contributed by atoms with Crippen molar-refractivity contribution in [1.29, 1.82) is 0 Å².